The van der Waals surface area contributed by atoms with E-state index in [1.54, 1.807) is 24.3 Å². The lowest BCUT2D eigenvalue weighted by atomic mass is 9.89. The van der Waals surface area contributed by atoms with Crippen molar-refractivity contribution in [3.8, 4) is 11.4 Å². The SMILES string of the molecule is CCC1C(=O)N(Cc2ccc(-c3noc(C(F)(F)F)n3)cc2)OC1(C)C. The number of alkyl halides is 3. The average molecular weight is 369 g/mol. The van der Waals surface area contributed by atoms with Gasteiger partial charge in [-0.3, -0.25) is 9.63 Å². The molecule has 6 nitrogen and oxygen atoms in total. The van der Waals surface area contributed by atoms with E-state index in [4.69, 9.17) is 4.84 Å². The number of carbonyl (C=O) groups excluding carboxylic acids is 1. The fourth-order valence-corrected chi connectivity index (χ4v) is 3.02. The second kappa shape index (κ2) is 6.39. The molecule has 26 heavy (non-hydrogen) atoms. The van der Waals surface area contributed by atoms with Gasteiger partial charge in [0.05, 0.1) is 12.5 Å². The molecule has 1 aromatic carbocycles. The fraction of sp³-hybridized carbons (Fsp3) is 0.471. The Labute approximate surface area is 147 Å². The van der Waals surface area contributed by atoms with Gasteiger partial charge in [0.1, 0.15) is 5.60 Å². The van der Waals surface area contributed by atoms with Crippen LogP contribution < -0.4 is 0 Å². The van der Waals surface area contributed by atoms with Gasteiger partial charge in [0.25, 0.3) is 5.91 Å². The normalized spacial score (nSPS) is 20.0. The molecule has 0 radical (unpaired) electrons. The van der Waals surface area contributed by atoms with Gasteiger partial charge in [0, 0.05) is 5.56 Å². The van der Waals surface area contributed by atoms with Gasteiger partial charge in [-0.25, -0.2) is 5.06 Å². The highest BCUT2D eigenvalue weighted by atomic mass is 19.4. The van der Waals surface area contributed by atoms with Gasteiger partial charge in [-0.15, -0.1) is 0 Å². The number of hydroxylamine groups is 2. The Hall–Kier alpha value is -2.42. The van der Waals surface area contributed by atoms with E-state index in [-0.39, 0.29) is 24.2 Å². The van der Waals surface area contributed by atoms with Crippen molar-refractivity contribution in [3.05, 3.63) is 35.7 Å². The number of carbonyl (C=O) groups is 1. The van der Waals surface area contributed by atoms with Crippen molar-refractivity contribution in [2.24, 2.45) is 5.92 Å². The minimum Gasteiger partial charge on any atom is -0.329 e. The zero-order valence-electron chi connectivity index (χ0n) is 14.5. The zero-order valence-corrected chi connectivity index (χ0v) is 14.5. The molecule has 1 aromatic heterocycles. The monoisotopic (exact) mass is 369 g/mol. The van der Waals surface area contributed by atoms with Gasteiger partial charge in [0.15, 0.2) is 0 Å². The second-order valence-corrected chi connectivity index (χ2v) is 6.65. The van der Waals surface area contributed by atoms with Gasteiger partial charge in [-0.1, -0.05) is 36.3 Å². The molecule has 0 saturated carbocycles. The summed E-state index contributed by atoms with van der Waals surface area (Å²) < 4.78 is 41.8. The quantitative estimate of drug-likeness (QED) is 0.819. The first kappa shape index (κ1) is 18.4. The molecule has 9 heteroatoms. The molecule has 1 fully saturated rings. The molecule has 0 N–H and O–H groups in total. The van der Waals surface area contributed by atoms with Gasteiger partial charge in [0.2, 0.25) is 5.82 Å². The molecule has 1 aliphatic heterocycles. The summed E-state index contributed by atoms with van der Waals surface area (Å²) in [5, 5.41) is 4.68. The maximum Gasteiger partial charge on any atom is 0.471 e. The van der Waals surface area contributed by atoms with Gasteiger partial charge >= 0.3 is 12.1 Å². The van der Waals surface area contributed by atoms with Crippen molar-refractivity contribution in [1.82, 2.24) is 15.2 Å². The molecular formula is C17H18F3N3O3. The minimum absolute atomic E-state index is 0.0745. The molecular weight excluding hydrogens is 351 g/mol. The summed E-state index contributed by atoms with van der Waals surface area (Å²) in [6, 6.07) is 6.51. The third kappa shape index (κ3) is 3.44. The van der Waals surface area contributed by atoms with E-state index in [0.29, 0.717) is 12.0 Å². The number of amides is 1. The van der Waals surface area contributed by atoms with Gasteiger partial charge in [-0.2, -0.15) is 18.2 Å². The van der Waals surface area contributed by atoms with Crippen LogP contribution in [0.2, 0.25) is 0 Å². The van der Waals surface area contributed by atoms with E-state index in [2.05, 4.69) is 14.7 Å². The number of halogens is 3. The lowest BCUT2D eigenvalue weighted by Gasteiger charge is -2.22. The summed E-state index contributed by atoms with van der Waals surface area (Å²) in [5.74, 6) is -1.82. The number of rotatable bonds is 4. The predicted molar refractivity (Wildman–Crippen MR) is 84.2 cm³/mol. The van der Waals surface area contributed by atoms with Crippen LogP contribution in [0.15, 0.2) is 28.8 Å². The first-order chi connectivity index (χ1) is 12.1. The number of hydrogen-bond donors (Lipinski definition) is 0. The number of nitrogens with zero attached hydrogens (tertiary/aromatic N) is 3. The second-order valence-electron chi connectivity index (χ2n) is 6.65. The van der Waals surface area contributed by atoms with Crippen molar-refractivity contribution >= 4 is 5.91 Å². The maximum absolute atomic E-state index is 12.5. The maximum atomic E-state index is 12.5. The lowest BCUT2D eigenvalue weighted by molar-refractivity contribution is -0.196. The molecule has 1 saturated heterocycles. The summed E-state index contributed by atoms with van der Waals surface area (Å²) in [4.78, 5) is 21.5. The van der Waals surface area contributed by atoms with Crippen LogP contribution in [-0.4, -0.2) is 26.7 Å². The highest BCUT2D eigenvalue weighted by Crippen LogP contribution is 2.35. The van der Waals surface area contributed by atoms with Crippen LogP contribution in [0.1, 0.15) is 38.6 Å². The standard InChI is InChI=1S/C17H18F3N3O3/c1-4-12-14(24)23(26-16(12,2)3)9-10-5-7-11(8-6-10)13-21-15(25-22-13)17(18,19)20/h5-8,12H,4,9H2,1-3H3. The Morgan fingerprint density at radius 1 is 1.23 bits per heavy atom. The number of aromatic nitrogens is 2. The Balaban J connectivity index is 1.73. The number of hydrogen-bond acceptors (Lipinski definition) is 5. The Kier molecular flexibility index (Phi) is 4.51. The van der Waals surface area contributed by atoms with E-state index in [1.165, 1.54) is 5.06 Å². The van der Waals surface area contributed by atoms with Crippen molar-refractivity contribution in [1.29, 1.82) is 0 Å². The lowest BCUT2D eigenvalue weighted by Crippen LogP contribution is -2.29. The van der Waals surface area contributed by atoms with Crippen molar-refractivity contribution in [2.45, 2.75) is 45.5 Å². The summed E-state index contributed by atoms with van der Waals surface area (Å²) in [7, 11) is 0. The first-order valence-corrected chi connectivity index (χ1v) is 8.12. The molecule has 0 spiro atoms. The van der Waals surface area contributed by atoms with Crippen LogP contribution in [0.5, 0.6) is 0 Å². The van der Waals surface area contributed by atoms with Gasteiger partial charge in [-0.05, 0) is 25.8 Å². The smallest absolute Gasteiger partial charge is 0.329 e. The van der Waals surface area contributed by atoms with E-state index in [1.807, 2.05) is 20.8 Å². The molecule has 2 heterocycles. The summed E-state index contributed by atoms with van der Waals surface area (Å²) in [5.41, 5.74) is 0.590. The Morgan fingerprint density at radius 2 is 1.88 bits per heavy atom. The van der Waals surface area contributed by atoms with Crippen LogP contribution >= 0.6 is 0 Å². The summed E-state index contributed by atoms with van der Waals surface area (Å²) >= 11 is 0. The average Bonchev–Trinajstić information content (AvgIpc) is 3.12. The van der Waals surface area contributed by atoms with Crippen LogP contribution in [0.3, 0.4) is 0 Å². The minimum atomic E-state index is -4.68. The largest absolute Gasteiger partial charge is 0.471 e. The molecule has 1 unspecified atom stereocenters. The molecule has 3 rings (SSSR count). The van der Waals surface area contributed by atoms with Crippen molar-refractivity contribution in [2.75, 3.05) is 0 Å². The number of benzene rings is 1. The summed E-state index contributed by atoms with van der Waals surface area (Å²) in [6.45, 7) is 5.93. The topological polar surface area (TPSA) is 68.5 Å². The predicted octanol–water partition coefficient (Wildman–Crippen LogP) is 3.83. The fourth-order valence-electron chi connectivity index (χ4n) is 3.02. The Bertz CT molecular complexity index is 800. The van der Waals surface area contributed by atoms with E-state index in [0.717, 1.165) is 5.56 Å². The van der Waals surface area contributed by atoms with E-state index >= 15 is 0 Å². The first-order valence-electron chi connectivity index (χ1n) is 8.12. The van der Waals surface area contributed by atoms with Crippen LogP contribution in [0.25, 0.3) is 11.4 Å². The molecule has 0 bridgehead atoms. The molecule has 140 valence electrons. The van der Waals surface area contributed by atoms with E-state index < -0.39 is 17.7 Å². The molecule has 2 aromatic rings. The molecule has 1 aliphatic rings. The highest BCUT2D eigenvalue weighted by molar-refractivity contribution is 5.80. The highest BCUT2D eigenvalue weighted by Gasteiger charge is 2.46. The Morgan fingerprint density at radius 3 is 2.38 bits per heavy atom. The zero-order chi connectivity index (χ0) is 19.1. The van der Waals surface area contributed by atoms with Crippen molar-refractivity contribution in [3.63, 3.8) is 0 Å². The third-order valence-corrected chi connectivity index (χ3v) is 4.34. The third-order valence-electron chi connectivity index (χ3n) is 4.34. The van der Waals surface area contributed by atoms with Crippen LogP contribution in [0.4, 0.5) is 13.2 Å². The summed E-state index contributed by atoms with van der Waals surface area (Å²) in [6.07, 6.45) is -4.00. The molecule has 1 amide bonds. The van der Waals surface area contributed by atoms with Crippen molar-refractivity contribution < 1.29 is 27.3 Å². The van der Waals surface area contributed by atoms with Crippen LogP contribution in [0, 0.1) is 5.92 Å². The molecule has 1 atom stereocenters. The van der Waals surface area contributed by atoms with E-state index in [9.17, 15) is 18.0 Å². The van der Waals surface area contributed by atoms with Gasteiger partial charge < -0.3 is 4.52 Å². The molecule has 0 aliphatic carbocycles. The van der Waals surface area contributed by atoms with Crippen LogP contribution in [-0.2, 0) is 22.4 Å².